The number of nitrogens with one attached hydrogen (secondary N) is 1. The molecule has 0 spiro atoms. The molecule has 6 nitrogen and oxygen atoms in total. The van der Waals surface area contributed by atoms with Crippen LogP contribution in [0, 0.1) is 5.92 Å². The topological polar surface area (TPSA) is 76.2 Å². The number of nitrogens with zero attached hydrogens (tertiary/aromatic N) is 3. The Labute approximate surface area is 125 Å². The molecule has 2 aliphatic rings. The van der Waals surface area contributed by atoms with Crippen molar-refractivity contribution in [3.05, 3.63) is 18.0 Å². The lowest BCUT2D eigenvalue weighted by Gasteiger charge is -2.36. The molecule has 3 unspecified atom stereocenters. The Kier molecular flexibility index (Phi) is 3.99. The van der Waals surface area contributed by atoms with Crippen molar-refractivity contribution in [2.45, 2.75) is 43.8 Å². The Morgan fingerprint density at radius 1 is 1.43 bits per heavy atom. The Morgan fingerprint density at radius 2 is 2.10 bits per heavy atom. The van der Waals surface area contributed by atoms with Crippen LogP contribution in [-0.4, -0.2) is 46.3 Å². The first-order valence-corrected chi connectivity index (χ1v) is 7.78. The highest BCUT2D eigenvalue weighted by Gasteiger charge is 2.38. The first-order valence-electron chi connectivity index (χ1n) is 7.78. The molecule has 0 aromatic carbocycles. The summed E-state index contributed by atoms with van der Waals surface area (Å²) in [6.07, 6.45) is 8.44. The van der Waals surface area contributed by atoms with E-state index < -0.39 is 6.04 Å². The Morgan fingerprint density at radius 3 is 2.67 bits per heavy atom. The van der Waals surface area contributed by atoms with Crippen LogP contribution in [0.5, 0.6) is 0 Å². The number of fused-ring (bicyclic) bond motifs is 2. The van der Waals surface area contributed by atoms with Crippen LogP contribution in [0.3, 0.4) is 0 Å². The lowest BCUT2D eigenvalue weighted by Crippen LogP contribution is -2.44. The van der Waals surface area contributed by atoms with E-state index >= 15 is 0 Å². The summed E-state index contributed by atoms with van der Waals surface area (Å²) < 4.78 is 1.66. The van der Waals surface area contributed by atoms with Crippen molar-refractivity contribution in [3.63, 3.8) is 0 Å². The highest BCUT2D eigenvalue weighted by molar-refractivity contribution is 5.82. The van der Waals surface area contributed by atoms with Crippen molar-refractivity contribution in [1.29, 1.82) is 0 Å². The highest BCUT2D eigenvalue weighted by atomic mass is 16.2. The zero-order chi connectivity index (χ0) is 15.0. The molecule has 2 aliphatic heterocycles. The van der Waals surface area contributed by atoms with E-state index in [-0.39, 0.29) is 5.91 Å². The van der Waals surface area contributed by atoms with Gasteiger partial charge in [0.2, 0.25) is 5.91 Å². The van der Waals surface area contributed by atoms with Gasteiger partial charge in [-0.15, -0.1) is 0 Å². The van der Waals surface area contributed by atoms with E-state index in [0.29, 0.717) is 18.0 Å². The van der Waals surface area contributed by atoms with Gasteiger partial charge in [0.25, 0.3) is 0 Å². The van der Waals surface area contributed by atoms with Gasteiger partial charge in [-0.25, -0.2) is 0 Å². The molecule has 3 rings (SSSR count). The van der Waals surface area contributed by atoms with Gasteiger partial charge in [0.1, 0.15) is 6.04 Å². The number of carbonyl (C=O) groups is 1. The minimum atomic E-state index is -0.623. The smallest absolute Gasteiger partial charge is 0.241 e. The first kappa shape index (κ1) is 14.5. The predicted molar refractivity (Wildman–Crippen MR) is 80.4 cm³/mol. The van der Waals surface area contributed by atoms with Gasteiger partial charge in [-0.3, -0.25) is 9.48 Å². The Bertz CT molecular complexity index is 500. The molecule has 2 bridgehead atoms. The number of hydrogen-bond acceptors (Lipinski definition) is 4. The fourth-order valence-corrected chi connectivity index (χ4v) is 3.80. The largest absolute Gasteiger partial charge is 0.354 e. The van der Waals surface area contributed by atoms with Gasteiger partial charge in [0.05, 0.1) is 6.20 Å². The Balaban J connectivity index is 1.50. The molecule has 1 amide bonds. The second kappa shape index (κ2) is 5.77. The number of piperidine rings is 1. The number of aryl methyl sites for hydroxylation is 1. The average molecular weight is 291 g/mol. The fourth-order valence-electron chi connectivity index (χ4n) is 3.80. The minimum absolute atomic E-state index is 0.103. The second-order valence-corrected chi connectivity index (χ2v) is 6.56. The fraction of sp³-hybridized carbons (Fsp3) is 0.733. The third-order valence-electron chi connectivity index (χ3n) is 5.13. The van der Waals surface area contributed by atoms with E-state index in [1.165, 1.54) is 25.7 Å². The second-order valence-electron chi connectivity index (χ2n) is 6.56. The third kappa shape index (κ3) is 2.96. The number of aromatic nitrogens is 2. The van der Waals surface area contributed by atoms with Gasteiger partial charge in [-0.1, -0.05) is 0 Å². The van der Waals surface area contributed by atoms with E-state index in [4.69, 9.17) is 5.73 Å². The summed E-state index contributed by atoms with van der Waals surface area (Å²) in [6, 6.07) is 0.789. The Hall–Kier alpha value is -1.40. The highest BCUT2D eigenvalue weighted by Crippen LogP contribution is 2.37. The number of nitrogens with two attached hydrogens (primary N) is 1. The van der Waals surface area contributed by atoms with Crippen LogP contribution in [0.2, 0.25) is 0 Å². The van der Waals surface area contributed by atoms with Crippen molar-refractivity contribution in [2.75, 3.05) is 13.6 Å². The summed E-state index contributed by atoms with van der Waals surface area (Å²) in [4.78, 5) is 14.7. The monoisotopic (exact) mass is 291 g/mol. The lowest BCUT2D eigenvalue weighted by atomic mass is 9.91. The molecule has 21 heavy (non-hydrogen) atoms. The maximum absolute atomic E-state index is 12.2. The third-order valence-corrected chi connectivity index (χ3v) is 5.13. The van der Waals surface area contributed by atoms with E-state index in [1.54, 1.807) is 17.1 Å². The van der Waals surface area contributed by atoms with Crippen LogP contribution < -0.4 is 11.1 Å². The number of carbonyl (C=O) groups excluding carboxylic acids is 1. The zero-order valence-corrected chi connectivity index (χ0v) is 12.8. The minimum Gasteiger partial charge on any atom is -0.354 e. The van der Waals surface area contributed by atoms with Crippen LogP contribution in [-0.2, 0) is 11.8 Å². The van der Waals surface area contributed by atoms with Crippen LogP contribution in [0.15, 0.2) is 12.4 Å². The molecular weight excluding hydrogens is 266 g/mol. The summed E-state index contributed by atoms with van der Waals surface area (Å²) in [6.45, 7) is 0.744. The van der Waals surface area contributed by atoms with Gasteiger partial charge in [0, 0.05) is 37.4 Å². The molecule has 2 saturated heterocycles. The molecule has 1 aromatic heterocycles. The van der Waals surface area contributed by atoms with Crippen molar-refractivity contribution < 1.29 is 4.79 Å². The van der Waals surface area contributed by atoms with E-state index in [0.717, 1.165) is 12.1 Å². The van der Waals surface area contributed by atoms with Crippen LogP contribution in [0.1, 0.15) is 37.3 Å². The quantitative estimate of drug-likeness (QED) is 0.842. The van der Waals surface area contributed by atoms with Crippen LogP contribution in [0.4, 0.5) is 0 Å². The summed E-state index contributed by atoms with van der Waals surface area (Å²) in [7, 11) is 4.05. The summed E-state index contributed by atoms with van der Waals surface area (Å²) in [5.74, 6) is 0.484. The molecule has 3 heterocycles. The molecule has 3 atom stereocenters. The van der Waals surface area contributed by atoms with Crippen molar-refractivity contribution >= 4 is 5.91 Å². The first-order chi connectivity index (χ1) is 10.0. The van der Waals surface area contributed by atoms with Gasteiger partial charge >= 0.3 is 0 Å². The maximum Gasteiger partial charge on any atom is 0.241 e. The maximum atomic E-state index is 12.2. The molecule has 1 aromatic rings. The summed E-state index contributed by atoms with van der Waals surface area (Å²) >= 11 is 0. The average Bonchev–Trinajstić information content (AvgIpc) is 2.96. The van der Waals surface area contributed by atoms with Crippen molar-refractivity contribution in [2.24, 2.45) is 18.7 Å². The van der Waals surface area contributed by atoms with E-state index in [9.17, 15) is 4.79 Å². The van der Waals surface area contributed by atoms with Gasteiger partial charge < -0.3 is 16.0 Å². The van der Waals surface area contributed by atoms with Crippen LogP contribution >= 0.6 is 0 Å². The number of rotatable bonds is 4. The van der Waals surface area contributed by atoms with Crippen LogP contribution in [0.25, 0.3) is 0 Å². The molecule has 0 aliphatic carbocycles. The molecular formula is C15H25N5O. The molecule has 0 saturated carbocycles. The lowest BCUT2D eigenvalue weighted by molar-refractivity contribution is -0.122. The van der Waals surface area contributed by atoms with E-state index in [2.05, 4.69) is 22.4 Å². The molecule has 0 radical (unpaired) electrons. The molecule has 2 fully saturated rings. The van der Waals surface area contributed by atoms with Gasteiger partial charge in [0.15, 0.2) is 0 Å². The summed E-state index contributed by atoms with van der Waals surface area (Å²) in [5.41, 5.74) is 6.75. The molecule has 6 heteroatoms. The number of hydrogen-bond donors (Lipinski definition) is 2. The van der Waals surface area contributed by atoms with Crippen molar-refractivity contribution in [3.8, 4) is 0 Å². The predicted octanol–water partition coefficient (Wildman–Crippen LogP) is 0.409. The van der Waals surface area contributed by atoms with Crippen molar-refractivity contribution in [1.82, 2.24) is 20.0 Å². The zero-order valence-electron chi connectivity index (χ0n) is 12.8. The van der Waals surface area contributed by atoms with Gasteiger partial charge in [-0.2, -0.15) is 5.10 Å². The number of amides is 1. The SMILES string of the molecule is CN1C2CCC1CC(CNC(=O)C(N)c1cnn(C)c1)C2. The summed E-state index contributed by atoms with van der Waals surface area (Å²) in [5, 5.41) is 7.08. The normalized spacial score (nSPS) is 30.3. The molecule has 3 N–H and O–H groups in total. The molecule has 116 valence electrons. The van der Waals surface area contributed by atoms with E-state index in [1.807, 2.05) is 7.05 Å². The van der Waals surface area contributed by atoms with Gasteiger partial charge in [-0.05, 0) is 38.6 Å². The standard InChI is InChI=1S/C15H25N5O/c1-19-9-11(8-18-19)14(16)15(21)17-7-10-5-12-3-4-13(6-10)20(12)2/h8-10,12-14H,3-7,16H2,1-2H3,(H,17,21).